The van der Waals surface area contributed by atoms with Gasteiger partial charge in [0.2, 0.25) is 11.6 Å². The summed E-state index contributed by atoms with van der Waals surface area (Å²) < 4.78 is 6.04. The molecule has 1 fully saturated rings. The second kappa shape index (κ2) is 5.76. The molecular weight excluding hydrogens is 310 g/mol. The Morgan fingerprint density at radius 1 is 1.12 bits per heavy atom. The number of nitrogens with two attached hydrogens (primary N) is 1. The molecule has 1 aromatic carbocycles. The minimum Gasteiger partial charge on any atom is -0.378 e. The third-order valence-electron chi connectivity index (χ3n) is 4.01. The first-order chi connectivity index (χ1) is 11.8. The van der Waals surface area contributed by atoms with Crippen molar-refractivity contribution in [2.24, 2.45) is 0 Å². The van der Waals surface area contributed by atoms with Gasteiger partial charge in [-0.3, -0.25) is 4.79 Å². The van der Waals surface area contributed by atoms with E-state index in [2.05, 4.69) is 25.3 Å². The molecule has 1 amide bonds. The van der Waals surface area contributed by atoms with E-state index in [0.717, 1.165) is 31.5 Å². The number of aromatic nitrogens is 5. The van der Waals surface area contributed by atoms with Crippen LogP contribution in [0.2, 0.25) is 0 Å². The summed E-state index contributed by atoms with van der Waals surface area (Å²) in [5, 5.41) is 15.5. The molecule has 0 bridgehead atoms. The van der Waals surface area contributed by atoms with Gasteiger partial charge in [-0.05, 0) is 23.2 Å². The first kappa shape index (κ1) is 14.4. The molecule has 0 spiro atoms. The van der Waals surface area contributed by atoms with Crippen LogP contribution >= 0.6 is 0 Å². The molecule has 3 aromatic rings. The Kier molecular flexibility index (Phi) is 3.45. The molecule has 122 valence electrons. The van der Waals surface area contributed by atoms with E-state index < -0.39 is 0 Å². The quantitative estimate of drug-likeness (QED) is 0.767. The van der Waals surface area contributed by atoms with Crippen molar-refractivity contribution in [2.45, 2.75) is 12.8 Å². The van der Waals surface area contributed by atoms with E-state index in [4.69, 9.17) is 5.73 Å². The summed E-state index contributed by atoms with van der Waals surface area (Å²) in [7, 11) is 0. The van der Waals surface area contributed by atoms with Gasteiger partial charge in [0.1, 0.15) is 5.69 Å². The molecular formula is C15H15N7O2. The number of benzene rings is 1. The molecule has 3 heterocycles. The van der Waals surface area contributed by atoms with Gasteiger partial charge in [0.05, 0.1) is 0 Å². The number of carbonyl (C=O) groups is 1. The molecule has 4 rings (SSSR count). The normalized spacial score (nSPS) is 14.2. The second-order valence-electron chi connectivity index (χ2n) is 5.54. The van der Waals surface area contributed by atoms with Crippen molar-refractivity contribution in [3.63, 3.8) is 0 Å². The zero-order chi connectivity index (χ0) is 16.5. The molecule has 0 unspecified atom stereocenters. The maximum absolute atomic E-state index is 12.8. The number of amides is 1. The predicted octanol–water partition coefficient (Wildman–Crippen LogP) is 1.14. The Hall–Kier alpha value is -3.23. The average molecular weight is 325 g/mol. The van der Waals surface area contributed by atoms with Crippen LogP contribution in [0.25, 0.3) is 17.1 Å². The van der Waals surface area contributed by atoms with Crippen LogP contribution in [0.3, 0.4) is 0 Å². The van der Waals surface area contributed by atoms with Crippen molar-refractivity contribution in [1.29, 1.82) is 0 Å². The van der Waals surface area contributed by atoms with Gasteiger partial charge < -0.3 is 10.6 Å². The molecule has 0 saturated carbocycles. The summed E-state index contributed by atoms with van der Waals surface area (Å²) in [4.78, 5) is 14.6. The molecule has 0 radical (unpaired) electrons. The van der Waals surface area contributed by atoms with Crippen LogP contribution in [0.1, 0.15) is 23.3 Å². The van der Waals surface area contributed by atoms with Crippen molar-refractivity contribution >= 4 is 11.7 Å². The highest BCUT2D eigenvalue weighted by molar-refractivity contribution is 5.98. The Bertz CT molecular complexity index is 865. The van der Waals surface area contributed by atoms with Crippen molar-refractivity contribution in [1.82, 2.24) is 30.2 Å². The third-order valence-corrected chi connectivity index (χ3v) is 4.01. The fourth-order valence-electron chi connectivity index (χ4n) is 2.84. The fourth-order valence-corrected chi connectivity index (χ4v) is 2.84. The Morgan fingerprint density at radius 3 is 2.54 bits per heavy atom. The van der Waals surface area contributed by atoms with Gasteiger partial charge in [0.25, 0.3) is 5.91 Å². The number of nitrogen functional groups attached to an aromatic ring is 1. The molecule has 9 heteroatoms. The average Bonchev–Trinajstić information content (AvgIpc) is 3.35. The van der Waals surface area contributed by atoms with Crippen LogP contribution < -0.4 is 5.73 Å². The standard InChI is InChI=1S/C15H15N7O2/c16-13-14(19-24-18-13)22-12(10-6-2-1-3-7-10)11(17-20-22)15(23)21-8-4-5-9-21/h1-3,6-7H,4-5,8-9H2,(H2,16,18). The number of nitrogens with zero attached hydrogens (tertiary/aromatic N) is 6. The number of anilines is 1. The number of likely N-dealkylation sites (tertiary alicyclic amines) is 1. The third kappa shape index (κ3) is 2.30. The number of hydrogen-bond acceptors (Lipinski definition) is 7. The SMILES string of the molecule is Nc1nonc1-n1nnc(C(=O)N2CCCC2)c1-c1ccccc1. The number of rotatable bonds is 3. The largest absolute Gasteiger partial charge is 0.378 e. The van der Waals surface area contributed by atoms with Crippen molar-refractivity contribution in [3.05, 3.63) is 36.0 Å². The van der Waals surface area contributed by atoms with E-state index in [1.165, 1.54) is 4.68 Å². The lowest BCUT2D eigenvalue weighted by molar-refractivity contribution is 0.0787. The van der Waals surface area contributed by atoms with Crippen LogP contribution in [0.5, 0.6) is 0 Å². The van der Waals surface area contributed by atoms with Gasteiger partial charge in [-0.2, -0.15) is 4.68 Å². The Labute approximate surface area is 137 Å². The zero-order valence-corrected chi connectivity index (χ0v) is 12.8. The minimum atomic E-state index is -0.146. The second-order valence-corrected chi connectivity index (χ2v) is 5.54. The van der Waals surface area contributed by atoms with Gasteiger partial charge in [0.15, 0.2) is 5.69 Å². The minimum absolute atomic E-state index is 0.0808. The zero-order valence-electron chi connectivity index (χ0n) is 12.8. The summed E-state index contributed by atoms with van der Waals surface area (Å²) >= 11 is 0. The summed E-state index contributed by atoms with van der Waals surface area (Å²) in [5.74, 6) is 0.145. The Morgan fingerprint density at radius 2 is 1.88 bits per heavy atom. The summed E-state index contributed by atoms with van der Waals surface area (Å²) in [6.07, 6.45) is 2.00. The molecule has 24 heavy (non-hydrogen) atoms. The molecule has 0 atom stereocenters. The summed E-state index contributed by atoms with van der Waals surface area (Å²) in [6, 6.07) is 9.40. The van der Waals surface area contributed by atoms with Crippen molar-refractivity contribution in [2.75, 3.05) is 18.8 Å². The molecule has 0 aliphatic carbocycles. The lowest BCUT2D eigenvalue weighted by Crippen LogP contribution is -2.28. The molecule has 9 nitrogen and oxygen atoms in total. The lowest BCUT2D eigenvalue weighted by atomic mass is 10.1. The van der Waals surface area contributed by atoms with Crippen LogP contribution in [0.4, 0.5) is 5.82 Å². The Balaban J connectivity index is 1.87. The maximum atomic E-state index is 12.8. The van der Waals surface area contributed by atoms with Crippen LogP contribution in [0.15, 0.2) is 35.0 Å². The highest BCUT2D eigenvalue weighted by atomic mass is 16.6. The smallest absolute Gasteiger partial charge is 0.276 e. The number of carbonyl (C=O) groups excluding carboxylic acids is 1. The van der Waals surface area contributed by atoms with E-state index in [0.29, 0.717) is 5.69 Å². The van der Waals surface area contributed by atoms with E-state index in [1.54, 1.807) is 4.90 Å². The molecule has 2 aromatic heterocycles. The molecule has 1 aliphatic heterocycles. The highest BCUT2D eigenvalue weighted by Gasteiger charge is 2.29. The van der Waals surface area contributed by atoms with Crippen molar-refractivity contribution < 1.29 is 9.42 Å². The van der Waals surface area contributed by atoms with E-state index in [9.17, 15) is 4.79 Å². The van der Waals surface area contributed by atoms with Gasteiger partial charge >= 0.3 is 0 Å². The maximum Gasteiger partial charge on any atom is 0.276 e. The van der Waals surface area contributed by atoms with Gasteiger partial charge in [0, 0.05) is 18.7 Å². The highest BCUT2D eigenvalue weighted by Crippen LogP contribution is 2.27. The van der Waals surface area contributed by atoms with Gasteiger partial charge in [-0.15, -0.1) is 5.10 Å². The summed E-state index contributed by atoms with van der Waals surface area (Å²) in [5.41, 5.74) is 7.35. The first-order valence-electron chi connectivity index (χ1n) is 7.64. The molecule has 1 aliphatic rings. The predicted molar refractivity (Wildman–Crippen MR) is 84.2 cm³/mol. The molecule has 2 N–H and O–H groups in total. The topological polar surface area (TPSA) is 116 Å². The van der Waals surface area contributed by atoms with Crippen molar-refractivity contribution in [3.8, 4) is 17.1 Å². The van der Waals surface area contributed by atoms with E-state index in [1.807, 2.05) is 30.3 Å². The van der Waals surface area contributed by atoms with Gasteiger partial charge in [-0.1, -0.05) is 35.5 Å². The molecule has 1 saturated heterocycles. The fraction of sp³-hybridized carbons (Fsp3) is 0.267. The number of hydrogen-bond donors (Lipinski definition) is 1. The van der Waals surface area contributed by atoms with Crippen LogP contribution in [-0.4, -0.2) is 49.2 Å². The summed E-state index contributed by atoms with van der Waals surface area (Å²) in [6.45, 7) is 1.46. The van der Waals surface area contributed by atoms with E-state index >= 15 is 0 Å². The lowest BCUT2D eigenvalue weighted by Gasteiger charge is -2.14. The monoisotopic (exact) mass is 325 g/mol. The van der Waals surface area contributed by atoms with Crippen LogP contribution in [0, 0.1) is 0 Å². The first-order valence-corrected chi connectivity index (χ1v) is 7.64. The van der Waals surface area contributed by atoms with E-state index in [-0.39, 0.29) is 23.2 Å². The van der Waals surface area contributed by atoms with Crippen LogP contribution in [-0.2, 0) is 0 Å². The van der Waals surface area contributed by atoms with Gasteiger partial charge in [-0.25, -0.2) is 4.63 Å².